The maximum Gasteiger partial charge on any atom is 0.346 e. The van der Waals surface area contributed by atoms with Crippen molar-refractivity contribution < 1.29 is 19.4 Å². The topological polar surface area (TPSA) is 79.5 Å². The second-order valence-corrected chi connectivity index (χ2v) is 5.24. The van der Waals surface area contributed by atoms with E-state index in [9.17, 15) is 4.79 Å². The van der Waals surface area contributed by atoms with E-state index in [0.29, 0.717) is 22.1 Å². The first-order chi connectivity index (χ1) is 11.5. The van der Waals surface area contributed by atoms with Gasteiger partial charge in [-0.15, -0.1) is 0 Å². The van der Waals surface area contributed by atoms with Crippen molar-refractivity contribution in [1.29, 1.82) is 5.26 Å². The Balaban J connectivity index is 2.26. The zero-order valence-electron chi connectivity index (χ0n) is 12.8. The Hall–Kier alpha value is -2.97. The van der Waals surface area contributed by atoms with E-state index in [1.807, 2.05) is 12.1 Å². The molecule has 0 radical (unpaired) electrons. The van der Waals surface area contributed by atoms with Crippen molar-refractivity contribution in [2.24, 2.45) is 0 Å². The molecule has 0 spiro atoms. The molecule has 0 amide bonds. The molecule has 2 rings (SSSR count). The van der Waals surface area contributed by atoms with Crippen LogP contribution in [0.3, 0.4) is 0 Å². The van der Waals surface area contributed by atoms with Crippen LogP contribution in [-0.4, -0.2) is 18.2 Å². The number of carbonyl (C=O) groups is 1. The number of hydrogen-bond donors (Lipinski definition) is 1. The second-order valence-electron chi connectivity index (χ2n) is 4.80. The minimum atomic E-state index is -1.28. The van der Waals surface area contributed by atoms with E-state index in [1.54, 1.807) is 36.4 Å². The Morgan fingerprint density at radius 1 is 1.29 bits per heavy atom. The number of methoxy groups -OCH3 is 1. The summed E-state index contributed by atoms with van der Waals surface area (Å²) >= 11 is 5.94. The highest BCUT2D eigenvalue weighted by atomic mass is 35.5. The van der Waals surface area contributed by atoms with Crippen LogP contribution in [-0.2, 0) is 11.4 Å². The van der Waals surface area contributed by atoms with E-state index in [4.69, 9.17) is 31.4 Å². The van der Waals surface area contributed by atoms with E-state index in [2.05, 4.69) is 0 Å². The fourth-order valence-corrected chi connectivity index (χ4v) is 2.21. The van der Waals surface area contributed by atoms with Gasteiger partial charge < -0.3 is 14.6 Å². The van der Waals surface area contributed by atoms with Crippen LogP contribution in [0.4, 0.5) is 0 Å². The Morgan fingerprint density at radius 2 is 2.08 bits per heavy atom. The molecule has 0 fully saturated rings. The first kappa shape index (κ1) is 17.4. The van der Waals surface area contributed by atoms with E-state index in [1.165, 1.54) is 13.2 Å². The van der Waals surface area contributed by atoms with Gasteiger partial charge in [0, 0.05) is 5.02 Å². The molecule has 0 saturated carbocycles. The number of hydrogen-bond acceptors (Lipinski definition) is 4. The lowest BCUT2D eigenvalue weighted by Crippen LogP contribution is -1.99. The molecule has 0 aliphatic heterocycles. The first-order valence-electron chi connectivity index (χ1n) is 6.94. The average Bonchev–Trinajstić information content (AvgIpc) is 2.57. The maximum atomic E-state index is 10.9. The second kappa shape index (κ2) is 8.04. The molecular formula is C18H14ClNO4. The summed E-state index contributed by atoms with van der Waals surface area (Å²) in [6.45, 7) is 0.272. The molecule has 0 aliphatic carbocycles. The summed E-state index contributed by atoms with van der Waals surface area (Å²) in [5.41, 5.74) is 1.05. The van der Waals surface area contributed by atoms with Crippen molar-refractivity contribution in [3.8, 4) is 17.6 Å². The smallest absolute Gasteiger partial charge is 0.346 e. The largest absolute Gasteiger partial charge is 0.493 e. The SMILES string of the molecule is COc1ccc(C=C(C#N)C(=O)O)cc1OCc1cccc(Cl)c1. The highest BCUT2D eigenvalue weighted by Crippen LogP contribution is 2.30. The van der Waals surface area contributed by atoms with Gasteiger partial charge in [0.05, 0.1) is 7.11 Å². The molecular weight excluding hydrogens is 330 g/mol. The van der Waals surface area contributed by atoms with Crippen molar-refractivity contribution in [3.05, 3.63) is 64.2 Å². The summed E-state index contributed by atoms with van der Waals surface area (Å²) in [7, 11) is 1.51. The van der Waals surface area contributed by atoms with Crippen LogP contribution in [0.15, 0.2) is 48.0 Å². The number of carboxylic acids is 1. The van der Waals surface area contributed by atoms with Gasteiger partial charge in [-0.05, 0) is 41.5 Å². The molecule has 24 heavy (non-hydrogen) atoms. The van der Waals surface area contributed by atoms with Crippen LogP contribution in [0.25, 0.3) is 6.08 Å². The fraction of sp³-hybridized carbons (Fsp3) is 0.111. The molecule has 0 heterocycles. The van der Waals surface area contributed by atoms with Gasteiger partial charge in [-0.3, -0.25) is 0 Å². The van der Waals surface area contributed by atoms with Crippen molar-refractivity contribution in [2.45, 2.75) is 6.61 Å². The molecule has 2 aromatic rings. The van der Waals surface area contributed by atoms with Crippen molar-refractivity contribution in [2.75, 3.05) is 7.11 Å². The van der Waals surface area contributed by atoms with Crippen molar-refractivity contribution >= 4 is 23.6 Å². The monoisotopic (exact) mass is 343 g/mol. The molecule has 0 aliphatic rings. The van der Waals surface area contributed by atoms with Gasteiger partial charge in [0.1, 0.15) is 18.2 Å². The normalized spacial score (nSPS) is 10.8. The van der Waals surface area contributed by atoms with Gasteiger partial charge in [-0.25, -0.2) is 4.79 Å². The van der Waals surface area contributed by atoms with Gasteiger partial charge >= 0.3 is 5.97 Å². The number of benzene rings is 2. The van der Waals surface area contributed by atoms with Crippen LogP contribution in [0.1, 0.15) is 11.1 Å². The average molecular weight is 344 g/mol. The van der Waals surface area contributed by atoms with Gasteiger partial charge in [0.2, 0.25) is 0 Å². The predicted molar refractivity (Wildman–Crippen MR) is 90.0 cm³/mol. The lowest BCUT2D eigenvalue weighted by Gasteiger charge is -2.12. The van der Waals surface area contributed by atoms with Crippen LogP contribution in [0.5, 0.6) is 11.5 Å². The standard InChI is InChI=1S/C18H14ClNO4/c1-23-16-6-5-12(7-14(10-20)18(21)22)9-17(16)24-11-13-3-2-4-15(19)8-13/h2-9H,11H2,1H3,(H,21,22). The van der Waals surface area contributed by atoms with Gasteiger partial charge in [0.15, 0.2) is 11.5 Å². The lowest BCUT2D eigenvalue weighted by molar-refractivity contribution is -0.132. The van der Waals surface area contributed by atoms with Crippen LogP contribution in [0.2, 0.25) is 5.02 Å². The summed E-state index contributed by atoms with van der Waals surface area (Å²) in [5, 5.41) is 18.4. The number of carboxylic acid groups (broad SMARTS) is 1. The molecule has 0 bridgehead atoms. The maximum absolute atomic E-state index is 10.9. The van der Waals surface area contributed by atoms with Crippen molar-refractivity contribution in [1.82, 2.24) is 0 Å². The molecule has 0 aromatic heterocycles. The van der Waals surface area contributed by atoms with Gasteiger partial charge in [0.25, 0.3) is 0 Å². The summed E-state index contributed by atoms with van der Waals surface area (Å²) in [6.07, 6.45) is 1.27. The third-order valence-electron chi connectivity index (χ3n) is 3.13. The number of nitrogens with zero attached hydrogens (tertiary/aromatic N) is 1. The molecule has 6 heteroatoms. The summed E-state index contributed by atoms with van der Waals surface area (Å²) in [6, 6.07) is 13.8. The van der Waals surface area contributed by atoms with E-state index < -0.39 is 5.97 Å². The Kier molecular flexibility index (Phi) is 5.83. The Morgan fingerprint density at radius 3 is 2.71 bits per heavy atom. The molecule has 0 unspecified atom stereocenters. The first-order valence-corrected chi connectivity index (χ1v) is 7.31. The zero-order valence-corrected chi connectivity index (χ0v) is 13.6. The molecule has 122 valence electrons. The third kappa shape index (κ3) is 4.51. The minimum absolute atomic E-state index is 0.272. The van der Waals surface area contributed by atoms with Gasteiger partial charge in [-0.1, -0.05) is 29.8 Å². The fourth-order valence-electron chi connectivity index (χ4n) is 1.99. The number of ether oxygens (including phenoxy) is 2. The van der Waals surface area contributed by atoms with Crippen LogP contribution in [0, 0.1) is 11.3 Å². The van der Waals surface area contributed by atoms with Crippen LogP contribution >= 0.6 is 11.6 Å². The lowest BCUT2D eigenvalue weighted by atomic mass is 10.1. The predicted octanol–water partition coefficient (Wildman–Crippen LogP) is 3.92. The molecule has 5 nitrogen and oxygen atoms in total. The Labute approximate surface area is 144 Å². The minimum Gasteiger partial charge on any atom is -0.493 e. The van der Waals surface area contributed by atoms with Gasteiger partial charge in [-0.2, -0.15) is 5.26 Å². The summed E-state index contributed by atoms with van der Waals surface area (Å²) in [4.78, 5) is 10.9. The van der Waals surface area contributed by atoms with Crippen LogP contribution < -0.4 is 9.47 Å². The molecule has 0 atom stereocenters. The number of nitriles is 1. The Bertz CT molecular complexity index is 824. The molecule has 0 saturated heterocycles. The van der Waals surface area contributed by atoms with E-state index in [0.717, 1.165) is 5.56 Å². The zero-order chi connectivity index (χ0) is 17.5. The molecule has 2 aromatic carbocycles. The summed E-state index contributed by atoms with van der Waals surface area (Å²) in [5.74, 6) is -0.341. The number of aliphatic carboxylic acids is 1. The molecule has 1 N–H and O–H groups in total. The number of rotatable bonds is 6. The van der Waals surface area contributed by atoms with E-state index in [-0.39, 0.29) is 12.2 Å². The quantitative estimate of drug-likeness (QED) is 0.635. The number of halogens is 1. The summed E-state index contributed by atoms with van der Waals surface area (Å²) < 4.78 is 11.0. The highest BCUT2D eigenvalue weighted by molar-refractivity contribution is 6.30. The third-order valence-corrected chi connectivity index (χ3v) is 3.37. The van der Waals surface area contributed by atoms with E-state index >= 15 is 0 Å². The highest BCUT2D eigenvalue weighted by Gasteiger charge is 2.09. The van der Waals surface area contributed by atoms with Crippen molar-refractivity contribution in [3.63, 3.8) is 0 Å².